The third kappa shape index (κ3) is 4.12. The molecule has 1 nitrogen and oxygen atoms in total. The topological polar surface area (TPSA) is 3.24 Å². The second-order valence-electron chi connectivity index (χ2n) is 6.17. The number of anilines is 1. The normalized spacial score (nSPS) is 11.9. The molecule has 1 rings (SSSR count). The Morgan fingerprint density at radius 3 is 1.50 bits per heavy atom. The van der Waals surface area contributed by atoms with Gasteiger partial charge in [-0.25, -0.2) is 0 Å². The van der Waals surface area contributed by atoms with Gasteiger partial charge in [-0.15, -0.1) is 0 Å². The Morgan fingerprint density at radius 2 is 1.23 bits per heavy atom. The molecule has 0 saturated carbocycles. The molecule has 0 spiro atoms. The van der Waals surface area contributed by atoms with Gasteiger partial charge in [0.2, 0.25) is 0 Å². The molecule has 0 atom stereocenters. The molecule has 0 bridgehead atoms. The van der Waals surface area contributed by atoms with Crippen molar-refractivity contribution in [2.45, 2.75) is 77.8 Å². The largest absolute Gasteiger partial charge is 1.00 e. The van der Waals surface area contributed by atoms with E-state index in [0.29, 0.717) is 0 Å². The molecule has 0 aliphatic heterocycles. The summed E-state index contributed by atoms with van der Waals surface area (Å²) in [5.74, 6) is 0. The molecular weight excluding hydrogens is 293 g/mol. The van der Waals surface area contributed by atoms with Gasteiger partial charge in [-0.3, -0.25) is 0 Å². The number of hydrogen-bond acceptors (Lipinski definition) is 1. The summed E-state index contributed by atoms with van der Waals surface area (Å²) in [6, 6.07) is 20.3. The third-order valence-corrected chi connectivity index (χ3v) is 19.0. The summed E-state index contributed by atoms with van der Waals surface area (Å²) in [6.45, 7) is 14.6. The Morgan fingerprint density at radius 1 is 0.818 bits per heavy atom. The van der Waals surface area contributed by atoms with E-state index in [1.807, 2.05) is 6.07 Å². The van der Waals surface area contributed by atoms with E-state index < -0.39 is 16.5 Å². The Hall–Kier alpha value is 0.0512. The van der Waals surface area contributed by atoms with Gasteiger partial charge in [-0.1, -0.05) is 47.2 Å². The average Bonchev–Trinajstić information content (AvgIpc) is 2.57. The Labute approximate surface area is 153 Å². The maximum Gasteiger partial charge on any atom is 1.00 e. The average molecular weight is 328 g/mol. The first-order valence-corrected chi connectivity index (χ1v) is 14.0. The Bertz CT molecular complexity index is 366. The van der Waals surface area contributed by atoms with Gasteiger partial charge < -0.3 is 4.23 Å². The predicted octanol–water partition coefficient (Wildman–Crippen LogP) is 3.31. The predicted molar refractivity (Wildman–Crippen MR) is 102 cm³/mol. The van der Waals surface area contributed by atoms with Crippen LogP contribution in [0.15, 0.2) is 24.3 Å². The maximum absolute atomic E-state index is 3.33. The zero-order chi connectivity index (χ0) is 15.9. The molecule has 0 radical (unpaired) electrons. The van der Waals surface area contributed by atoms with Crippen molar-refractivity contribution in [3.8, 4) is 0 Å². The molecule has 4 heteroatoms. The quantitative estimate of drug-likeness (QED) is 0.497. The Kier molecular flexibility index (Phi) is 10.1. The van der Waals surface area contributed by atoms with E-state index in [1.165, 1.54) is 42.0 Å². The fraction of sp³-hybridized carbons (Fsp3) is 0.667. The van der Waals surface area contributed by atoms with Gasteiger partial charge in [0.1, 0.15) is 16.5 Å². The van der Waals surface area contributed by atoms with E-state index >= 15 is 0 Å². The van der Waals surface area contributed by atoms with Gasteiger partial charge in [0.15, 0.2) is 0 Å². The summed E-state index contributed by atoms with van der Waals surface area (Å²) < 4.78 is 3.04. The van der Waals surface area contributed by atoms with Crippen LogP contribution in [0.1, 0.15) is 41.5 Å². The minimum atomic E-state index is -1.41. The van der Waals surface area contributed by atoms with Crippen LogP contribution in [0.2, 0.25) is 36.3 Å². The van der Waals surface area contributed by atoms with Crippen LogP contribution in [0, 0.1) is 6.07 Å². The molecule has 0 saturated heterocycles. The molecule has 0 fully saturated rings. The smallest absolute Gasteiger partial charge is 0.479 e. The van der Waals surface area contributed by atoms with Crippen molar-refractivity contribution >= 4 is 22.2 Å². The molecular formula is C18H34LiNSi2. The molecule has 1 aromatic carbocycles. The van der Waals surface area contributed by atoms with Crippen LogP contribution in [-0.4, -0.2) is 16.5 Å². The van der Waals surface area contributed by atoms with Crippen LogP contribution >= 0.6 is 0 Å². The zero-order valence-corrected chi connectivity index (χ0v) is 18.0. The zero-order valence-electron chi connectivity index (χ0n) is 16.0. The molecule has 0 heterocycles. The van der Waals surface area contributed by atoms with Crippen LogP contribution in [-0.2, 0) is 0 Å². The van der Waals surface area contributed by atoms with E-state index in [0.717, 1.165) is 0 Å². The fourth-order valence-electron chi connectivity index (χ4n) is 4.02. The second kappa shape index (κ2) is 10.0. The summed E-state index contributed by atoms with van der Waals surface area (Å²) in [5.41, 5.74) is 1.46. The van der Waals surface area contributed by atoms with Crippen molar-refractivity contribution in [1.29, 1.82) is 0 Å². The van der Waals surface area contributed by atoms with Crippen molar-refractivity contribution in [2.75, 3.05) is 4.23 Å². The van der Waals surface area contributed by atoms with E-state index in [-0.39, 0.29) is 18.9 Å². The molecule has 120 valence electrons. The first kappa shape index (κ1) is 22.1. The van der Waals surface area contributed by atoms with Crippen molar-refractivity contribution in [3.05, 3.63) is 30.3 Å². The van der Waals surface area contributed by atoms with Gasteiger partial charge in [0, 0.05) is 0 Å². The summed E-state index contributed by atoms with van der Waals surface area (Å²) in [5, 5.41) is 0. The van der Waals surface area contributed by atoms with Crippen LogP contribution in [0.25, 0.3) is 0 Å². The van der Waals surface area contributed by atoms with Crippen LogP contribution in [0.4, 0.5) is 5.69 Å². The third-order valence-electron chi connectivity index (χ3n) is 5.85. The van der Waals surface area contributed by atoms with E-state index in [2.05, 4.69) is 70.0 Å². The number of nitrogens with zero attached hydrogens (tertiary/aromatic N) is 1. The maximum atomic E-state index is 3.33. The number of rotatable bonds is 9. The minimum Gasteiger partial charge on any atom is -0.479 e. The standard InChI is InChI=1S/C18H34NSi2.Li/c1-7-20(8-2,9-3)19(18-16-14-13-15-17-18)21(10-4,11-5)12-6;/h13-14,16-17H,7-12H2,1-6H3;/q-1;+1. The monoisotopic (exact) mass is 327 g/mol. The van der Waals surface area contributed by atoms with E-state index in [9.17, 15) is 0 Å². The summed E-state index contributed by atoms with van der Waals surface area (Å²) in [7, 11) is -2.82. The molecule has 1 aromatic rings. The van der Waals surface area contributed by atoms with E-state index in [1.54, 1.807) is 0 Å². The first-order valence-electron chi connectivity index (χ1n) is 8.86. The van der Waals surface area contributed by atoms with Crippen molar-refractivity contribution in [1.82, 2.24) is 0 Å². The van der Waals surface area contributed by atoms with Gasteiger partial charge in [0.05, 0.1) is 0 Å². The van der Waals surface area contributed by atoms with Gasteiger partial charge >= 0.3 is 18.9 Å². The Balaban J connectivity index is 0.00000441. The number of hydrogen-bond donors (Lipinski definition) is 0. The molecule has 0 aromatic heterocycles. The first-order chi connectivity index (χ1) is 10.1. The van der Waals surface area contributed by atoms with E-state index in [4.69, 9.17) is 0 Å². The molecule has 22 heavy (non-hydrogen) atoms. The van der Waals surface area contributed by atoms with Gasteiger partial charge in [-0.05, 0) is 36.3 Å². The summed E-state index contributed by atoms with van der Waals surface area (Å²) >= 11 is 0. The molecule has 0 aliphatic rings. The van der Waals surface area contributed by atoms with Gasteiger partial charge in [0.25, 0.3) is 0 Å². The van der Waals surface area contributed by atoms with Crippen LogP contribution in [0.3, 0.4) is 0 Å². The van der Waals surface area contributed by atoms with Crippen molar-refractivity contribution < 1.29 is 18.9 Å². The molecule has 0 N–H and O–H groups in total. The summed E-state index contributed by atoms with van der Waals surface area (Å²) in [6.07, 6.45) is 0. The molecule has 0 amide bonds. The fourth-order valence-corrected chi connectivity index (χ4v) is 17.2. The van der Waals surface area contributed by atoms with Crippen molar-refractivity contribution in [2.24, 2.45) is 0 Å². The van der Waals surface area contributed by atoms with Crippen molar-refractivity contribution in [3.63, 3.8) is 0 Å². The number of benzene rings is 1. The van der Waals surface area contributed by atoms with Crippen LogP contribution in [0.5, 0.6) is 0 Å². The van der Waals surface area contributed by atoms with Gasteiger partial charge in [-0.2, -0.15) is 30.3 Å². The summed E-state index contributed by atoms with van der Waals surface area (Å²) in [4.78, 5) is 0. The SMILES string of the molecule is CC[Si](CC)(CC)N(c1c[c-]ccc1)[Si](CC)(CC)CC.[Li+]. The van der Waals surface area contributed by atoms with Crippen LogP contribution < -0.4 is 23.1 Å². The minimum absolute atomic E-state index is 0. The molecule has 0 unspecified atom stereocenters. The molecule has 0 aliphatic carbocycles. The second-order valence-corrected chi connectivity index (χ2v) is 16.6.